The van der Waals surface area contributed by atoms with E-state index in [1.54, 1.807) is 10.9 Å². The predicted molar refractivity (Wildman–Crippen MR) is 115 cm³/mol. The van der Waals surface area contributed by atoms with Crippen LogP contribution in [0.5, 0.6) is 0 Å². The van der Waals surface area contributed by atoms with E-state index in [1.165, 1.54) is 10.4 Å². The van der Waals surface area contributed by atoms with Crippen molar-refractivity contribution >= 4 is 15.9 Å². The molecule has 1 aliphatic rings. The number of benzene rings is 2. The molecule has 0 spiro atoms. The molecule has 1 aliphatic heterocycles. The van der Waals surface area contributed by atoms with E-state index < -0.39 is 21.7 Å². The number of rotatable bonds is 7. The molecule has 2 heterocycles. The molecule has 1 amide bonds. The van der Waals surface area contributed by atoms with Gasteiger partial charge in [-0.3, -0.25) is 9.48 Å². The number of nitrogens with one attached hydrogen (secondary N) is 1. The SMILES string of the molecule is O=C(NCc1ccccc1Cn1cccn1)c1cc(S(=O)(=O)N2CCOCC2)ccc1F. The second kappa shape index (κ2) is 9.60. The summed E-state index contributed by atoms with van der Waals surface area (Å²) in [6.45, 7) is 1.72. The molecule has 4 rings (SSSR count). The third-order valence-electron chi connectivity index (χ3n) is 5.24. The van der Waals surface area contributed by atoms with Crippen molar-refractivity contribution in [1.82, 2.24) is 19.4 Å². The molecule has 1 aromatic heterocycles. The maximum atomic E-state index is 14.4. The Balaban J connectivity index is 1.50. The number of hydrogen-bond acceptors (Lipinski definition) is 5. The summed E-state index contributed by atoms with van der Waals surface area (Å²) < 4.78 is 48.4. The molecule has 0 atom stereocenters. The Bertz CT molecular complexity index is 1190. The number of ether oxygens (including phenoxy) is 1. The monoisotopic (exact) mass is 458 g/mol. The van der Waals surface area contributed by atoms with Gasteiger partial charge in [0, 0.05) is 32.0 Å². The Kier molecular flexibility index (Phi) is 6.63. The lowest BCUT2D eigenvalue weighted by Crippen LogP contribution is -2.40. The lowest BCUT2D eigenvalue weighted by atomic mass is 10.1. The number of sulfonamides is 1. The molecule has 0 saturated carbocycles. The molecule has 1 fully saturated rings. The van der Waals surface area contributed by atoms with Gasteiger partial charge < -0.3 is 10.1 Å². The minimum absolute atomic E-state index is 0.120. The molecule has 1 N–H and O–H groups in total. The maximum absolute atomic E-state index is 14.4. The number of halogens is 1. The van der Waals surface area contributed by atoms with Crippen LogP contribution in [0.1, 0.15) is 21.5 Å². The van der Waals surface area contributed by atoms with Crippen molar-refractivity contribution in [3.8, 4) is 0 Å². The van der Waals surface area contributed by atoms with Gasteiger partial charge in [0.15, 0.2) is 0 Å². The van der Waals surface area contributed by atoms with Crippen molar-refractivity contribution in [2.24, 2.45) is 0 Å². The average molecular weight is 459 g/mol. The Morgan fingerprint density at radius 2 is 1.84 bits per heavy atom. The summed E-state index contributed by atoms with van der Waals surface area (Å²) in [5, 5.41) is 6.89. The molecular formula is C22H23FN4O4S. The van der Waals surface area contributed by atoms with Gasteiger partial charge in [0.2, 0.25) is 10.0 Å². The second-order valence-corrected chi connectivity index (χ2v) is 9.25. The molecule has 0 radical (unpaired) electrons. The summed E-state index contributed by atoms with van der Waals surface area (Å²) >= 11 is 0. The van der Waals surface area contributed by atoms with Crippen LogP contribution in [0.15, 0.2) is 65.8 Å². The molecule has 3 aromatic rings. The summed E-state index contributed by atoms with van der Waals surface area (Å²) in [7, 11) is -3.84. The zero-order chi connectivity index (χ0) is 22.6. The highest BCUT2D eigenvalue weighted by Crippen LogP contribution is 2.20. The Labute approximate surface area is 185 Å². The van der Waals surface area contributed by atoms with Crippen LogP contribution in [0.2, 0.25) is 0 Å². The van der Waals surface area contributed by atoms with E-state index >= 15 is 0 Å². The molecule has 8 nitrogen and oxygen atoms in total. The normalized spacial score (nSPS) is 14.9. The standard InChI is InChI=1S/C22H23FN4O4S/c23-21-7-6-19(32(29,30)27-10-12-31-13-11-27)14-20(21)22(28)24-15-17-4-1-2-5-18(17)16-26-9-3-8-25-26/h1-9,14H,10-13,15-16H2,(H,24,28). The molecule has 168 valence electrons. The van der Waals surface area contributed by atoms with Crippen LogP contribution >= 0.6 is 0 Å². The van der Waals surface area contributed by atoms with Gasteiger partial charge in [-0.15, -0.1) is 0 Å². The number of amides is 1. The summed E-state index contributed by atoms with van der Waals surface area (Å²) in [5.41, 5.74) is 1.50. The minimum atomic E-state index is -3.84. The van der Waals surface area contributed by atoms with Gasteiger partial charge in [-0.1, -0.05) is 24.3 Å². The topological polar surface area (TPSA) is 93.5 Å². The molecule has 0 unspecified atom stereocenters. The Morgan fingerprint density at radius 1 is 1.09 bits per heavy atom. The van der Waals surface area contributed by atoms with Crippen LogP contribution in [0.25, 0.3) is 0 Å². The third-order valence-corrected chi connectivity index (χ3v) is 7.13. The Hall–Kier alpha value is -3.08. The minimum Gasteiger partial charge on any atom is -0.379 e. The summed E-state index contributed by atoms with van der Waals surface area (Å²) in [6, 6.07) is 12.6. The molecular weight excluding hydrogens is 435 g/mol. The summed E-state index contributed by atoms with van der Waals surface area (Å²) in [4.78, 5) is 12.6. The van der Waals surface area contributed by atoms with E-state index in [-0.39, 0.29) is 30.1 Å². The number of morpholine rings is 1. The van der Waals surface area contributed by atoms with Crippen LogP contribution in [-0.4, -0.2) is 54.7 Å². The van der Waals surface area contributed by atoms with Crippen molar-refractivity contribution in [3.05, 3.63) is 83.4 Å². The van der Waals surface area contributed by atoms with Gasteiger partial charge in [-0.05, 0) is 35.4 Å². The van der Waals surface area contributed by atoms with Crippen LogP contribution in [0.4, 0.5) is 4.39 Å². The quantitative estimate of drug-likeness (QED) is 0.585. The molecule has 2 aromatic carbocycles. The van der Waals surface area contributed by atoms with E-state index in [9.17, 15) is 17.6 Å². The first kappa shape index (κ1) is 22.1. The van der Waals surface area contributed by atoms with Crippen molar-refractivity contribution < 1.29 is 22.3 Å². The highest BCUT2D eigenvalue weighted by atomic mass is 32.2. The molecule has 0 aliphatic carbocycles. The van der Waals surface area contributed by atoms with E-state index in [2.05, 4.69) is 10.4 Å². The van der Waals surface area contributed by atoms with E-state index in [0.717, 1.165) is 23.3 Å². The molecule has 10 heteroatoms. The van der Waals surface area contributed by atoms with Crippen LogP contribution < -0.4 is 5.32 Å². The number of nitrogens with zero attached hydrogens (tertiary/aromatic N) is 3. The van der Waals surface area contributed by atoms with Crippen LogP contribution in [-0.2, 0) is 27.8 Å². The van der Waals surface area contributed by atoms with Crippen LogP contribution in [0.3, 0.4) is 0 Å². The van der Waals surface area contributed by atoms with Gasteiger partial charge in [0.1, 0.15) is 5.82 Å². The molecule has 1 saturated heterocycles. The smallest absolute Gasteiger partial charge is 0.254 e. The third kappa shape index (κ3) is 4.87. The fourth-order valence-corrected chi connectivity index (χ4v) is 4.93. The first-order valence-electron chi connectivity index (χ1n) is 10.1. The van der Waals surface area contributed by atoms with Gasteiger partial charge in [0.25, 0.3) is 5.91 Å². The zero-order valence-corrected chi connectivity index (χ0v) is 18.1. The van der Waals surface area contributed by atoms with Gasteiger partial charge >= 0.3 is 0 Å². The second-order valence-electron chi connectivity index (χ2n) is 7.31. The number of carbonyl (C=O) groups is 1. The lowest BCUT2D eigenvalue weighted by Gasteiger charge is -2.26. The number of aromatic nitrogens is 2. The van der Waals surface area contributed by atoms with Crippen LogP contribution in [0, 0.1) is 5.82 Å². The first-order valence-corrected chi connectivity index (χ1v) is 11.6. The van der Waals surface area contributed by atoms with Gasteiger partial charge in [0.05, 0.1) is 30.2 Å². The van der Waals surface area contributed by atoms with E-state index in [4.69, 9.17) is 4.74 Å². The molecule has 0 bridgehead atoms. The average Bonchev–Trinajstić information content (AvgIpc) is 3.32. The zero-order valence-electron chi connectivity index (χ0n) is 17.3. The largest absolute Gasteiger partial charge is 0.379 e. The van der Waals surface area contributed by atoms with Crippen molar-refractivity contribution in [1.29, 1.82) is 0 Å². The highest BCUT2D eigenvalue weighted by Gasteiger charge is 2.28. The predicted octanol–water partition coefficient (Wildman–Crippen LogP) is 2.02. The van der Waals surface area contributed by atoms with Crippen molar-refractivity contribution in [2.45, 2.75) is 18.0 Å². The first-order chi connectivity index (χ1) is 15.4. The van der Waals surface area contributed by atoms with Gasteiger partial charge in [-0.2, -0.15) is 9.40 Å². The van der Waals surface area contributed by atoms with Crippen molar-refractivity contribution in [2.75, 3.05) is 26.3 Å². The fourth-order valence-electron chi connectivity index (χ4n) is 3.50. The lowest BCUT2D eigenvalue weighted by molar-refractivity contribution is 0.0730. The summed E-state index contributed by atoms with van der Waals surface area (Å²) in [5.74, 6) is -1.47. The van der Waals surface area contributed by atoms with E-state index in [1.807, 2.05) is 36.5 Å². The number of carbonyl (C=O) groups excluding carboxylic acids is 1. The number of hydrogen-bond donors (Lipinski definition) is 1. The maximum Gasteiger partial charge on any atom is 0.254 e. The highest BCUT2D eigenvalue weighted by molar-refractivity contribution is 7.89. The molecule has 32 heavy (non-hydrogen) atoms. The van der Waals surface area contributed by atoms with Crippen molar-refractivity contribution in [3.63, 3.8) is 0 Å². The van der Waals surface area contributed by atoms with Gasteiger partial charge in [-0.25, -0.2) is 12.8 Å². The van der Waals surface area contributed by atoms with E-state index in [0.29, 0.717) is 19.8 Å². The fraction of sp³-hybridized carbons (Fsp3) is 0.273. The Morgan fingerprint density at radius 3 is 2.56 bits per heavy atom. The summed E-state index contributed by atoms with van der Waals surface area (Å²) in [6.07, 6.45) is 3.52.